The Morgan fingerprint density at radius 3 is 2.45 bits per heavy atom. The third kappa shape index (κ3) is 4.81. The minimum Gasteiger partial charge on any atom is -0.325 e. The van der Waals surface area contributed by atoms with E-state index in [9.17, 15) is 4.79 Å². The van der Waals surface area contributed by atoms with Crippen molar-refractivity contribution < 1.29 is 4.79 Å². The standard InChI is InChI=1S/C24H21ClN4OS/c1-16-11-13-18(14-12-16)23-27-28-24(29(23)19-7-4-3-5-8-19)31-15-22(30)26-21-10-6-9-20(25)17(21)2/h3-14H,15H2,1-2H3,(H,26,30). The zero-order valence-electron chi connectivity index (χ0n) is 17.2. The highest BCUT2D eigenvalue weighted by molar-refractivity contribution is 7.99. The number of rotatable bonds is 6. The lowest BCUT2D eigenvalue weighted by molar-refractivity contribution is -0.113. The van der Waals surface area contributed by atoms with Crippen molar-refractivity contribution in [1.82, 2.24) is 14.8 Å². The molecule has 0 fully saturated rings. The number of anilines is 1. The second-order valence-corrected chi connectivity index (χ2v) is 8.44. The largest absolute Gasteiger partial charge is 0.325 e. The Hall–Kier alpha value is -3.09. The zero-order chi connectivity index (χ0) is 21.8. The Morgan fingerprint density at radius 1 is 0.968 bits per heavy atom. The molecule has 0 unspecified atom stereocenters. The van der Waals surface area contributed by atoms with Crippen molar-refractivity contribution >= 4 is 35.0 Å². The van der Waals surface area contributed by atoms with Gasteiger partial charge in [0.15, 0.2) is 11.0 Å². The van der Waals surface area contributed by atoms with Crippen LogP contribution in [0.5, 0.6) is 0 Å². The van der Waals surface area contributed by atoms with Crippen LogP contribution in [0.25, 0.3) is 17.1 Å². The fourth-order valence-electron chi connectivity index (χ4n) is 3.12. The van der Waals surface area contributed by atoms with Gasteiger partial charge in [0, 0.05) is 22.0 Å². The highest BCUT2D eigenvalue weighted by Gasteiger charge is 2.17. The first-order valence-electron chi connectivity index (χ1n) is 9.78. The lowest BCUT2D eigenvalue weighted by Crippen LogP contribution is -2.15. The number of carbonyl (C=O) groups is 1. The van der Waals surface area contributed by atoms with Gasteiger partial charge in [0.2, 0.25) is 5.91 Å². The number of aromatic nitrogens is 3. The Balaban J connectivity index is 1.59. The quantitative estimate of drug-likeness (QED) is 0.371. The number of carbonyl (C=O) groups excluding carboxylic acids is 1. The van der Waals surface area contributed by atoms with E-state index in [1.54, 1.807) is 6.07 Å². The van der Waals surface area contributed by atoms with Gasteiger partial charge in [-0.2, -0.15) is 0 Å². The Kier molecular flexibility index (Phi) is 6.39. The summed E-state index contributed by atoms with van der Waals surface area (Å²) in [6, 6.07) is 23.5. The van der Waals surface area contributed by atoms with Crippen LogP contribution in [0.15, 0.2) is 78.0 Å². The second kappa shape index (κ2) is 9.37. The number of para-hydroxylation sites is 1. The average Bonchev–Trinajstić information content (AvgIpc) is 3.20. The van der Waals surface area contributed by atoms with Crippen molar-refractivity contribution in [2.45, 2.75) is 19.0 Å². The molecule has 31 heavy (non-hydrogen) atoms. The molecule has 0 spiro atoms. The van der Waals surface area contributed by atoms with Gasteiger partial charge in [-0.1, -0.05) is 77.5 Å². The molecule has 3 aromatic carbocycles. The van der Waals surface area contributed by atoms with E-state index in [0.29, 0.717) is 15.9 Å². The minimum absolute atomic E-state index is 0.130. The van der Waals surface area contributed by atoms with Crippen LogP contribution in [0.2, 0.25) is 5.02 Å². The maximum absolute atomic E-state index is 12.6. The van der Waals surface area contributed by atoms with Gasteiger partial charge in [0.1, 0.15) is 0 Å². The molecule has 0 saturated carbocycles. The van der Waals surface area contributed by atoms with Gasteiger partial charge in [0.05, 0.1) is 5.75 Å². The molecule has 1 heterocycles. The molecule has 4 rings (SSSR count). The van der Waals surface area contributed by atoms with E-state index in [0.717, 1.165) is 22.6 Å². The topological polar surface area (TPSA) is 59.8 Å². The summed E-state index contributed by atoms with van der Waals surface area (Å²) in [4.78, 5) is 12.6. The highest BCUT2D eigenvalue weighted by atomic mass is 35.5. The molecule has 1 aromatic heterocycles. The summed E-state index contributed by atoms with van der Waals surface area (Å²) in [5.41, 5.74) is 4.64. The number of hydrogen-bond acceptors (Lipinski definition) is 4. The van der Waals surface area contributed by atoms with Crippen molar-refractivity contribution in [1.29, 1.82) is 0 Å². The lowest BCUT2D eigenvalue weighted by atomic mass is 10.1. The fourth-order valence-corrected chi connectivity index (χ4v) is 4.05. The third-order valence-corrected chi connectivity index (χ3v) is 6.17. The van der Waals surface area contributed by atoms with Crippen LogP contribution in [-0.2, 0) is 4.79 Å². The second-order valence-electron chi connectivity index (χ2n) is 7.09. The molecule has 0 aliphatic rings. The van der Waals surface area contributed by atoms with Crippen molar-refractivity contribution in [3.8, 4) is 17.1 Å². The summed E-state index contributed by atoms with van der Waals surface area (Å²) in [5, 5.41) is 13.0. The molecule has 156 valence electrons. The smallest absolute Gasteiger partial charge is 0.234 e. The van der Waals surface area contributed by atoms with Crippen LogP contribution in [0.3, 0.4) is 0 Å². The first-order chi connectivity index (χ1) is 15.0. The van der Waals surface area contributed by atoms with Crippen LogP contribution in [0.4, 0.5) is 5.69 Å². The van der Waals surface area contributed by atoms with Crippen molar-refractivity contribution in [2.75, 3.05) is 11.1 Å². The number of hydrogen-bond donors (Lipinski definition) is 1. The molecule has 0 aliphatic carbocycles. The molecule has 0 atom stereocenters. The van der Waals surface area contributed by atoms with Gasteiger partial charge >= 0.3 is 0 Å². The molecule has 0 saturated heterocycles. The zero-order valence-corrected chi connectivity index (χ0v) is 18.7. The monoisotopic (exact) mass is 448 g/mol. The van der Waals surface area contributed by atoms with Gasteiger partial charge in [-0.15, -0.1) is 10.2 Å². The van der Waals surface area contributed by atoms with Gasteiger partial charge in [-0.25, -0.2) is 0 Å². The number of aryl methyl sites for hydroxylation is 1. The highest BCUT2D eigenvalue weighted by Crippen LogP contribution is 2.29. The first kappa shape index (κ1) is 21.2. The van der Waals surface area contributed by atoms with E-state index in [2.05, 4.69) is 15.5 Å². The van der Waals surface area contributed by atoms with E-state index in [4.69, 9.17) is 11.6 Å². The Labute approximate surface area is 190 Å². The fraction of sp³-hybridized carbons (Fsp3) is 0.125. The van der Waals surface area contributed by atoms with Gasteiger partial charge < -0.3 is 5.32 Å². The summed E-state index contributed by atoms with van der Waals surface area (Å²) in [6.07, 6.45) is 0. The van der Waals surface area contributed by atoms with Crippen LogP contribution in [0.1, 0.15) is 11.1 Å². The molecular weight excluding hydrogens is 428 g/mol. The molecule has 0 radical (unpaired) electrons. The first-order valence-corrected chi connectivity index (χ1v) is 11.1. The van der Waals surface area contributed by atoms with E-state index >= 15 is 0 Å². The maximum atomic E-state index is 12.6. The number of thioether (sulfide) groups is 1. The van der Waals surface area contributed by atoms with E-state index in [1.807, 2.05) is 85.1 Å². The molecular formula is C24H21ClN4OS. The summed E-state index contributed by atoms with van der Waals surface area (Å²) < 4.78 is 1.98. The Bertz CT molecular complexity index is 1210. The van der Waals surface area contributed by atoms with Crippen LogP contribution in [-0.4, -0.2) is 26.4 Å². The summed E-state index contributed by atoms with van der Waals surface area (Å²) >= 11 is 7.49. The number of halogens is 1. The van der Waals surface area contributed by atoms with Gasteiger partial charge in [-0.3, -0.25) is 9.36 Å². The van der Waals surface area contributed by atoms with Crippen LogP contribution >= 0.6 is 23.4 Å². The molecule has 1 N–H and O–H groups in total. The molecule has 1 amide bonds. The van der Waals surface area contributed by atoms with Crippen molar-refractivity contribution in [3.63, 3.8) is 0 Å². The summed E-state index contributed by atoms with van der Waals surface area (Å²) in [7, 11) is 0. The predicted molar refractivity (Wildman–Crippen MR) is 127 cm³/mol. The van der Waals surface area contributed by atoms with E-state index < -0.39 is 0 Å². The normalized spacial score (nSPS) is 10.8. The minimum atomic E-state index is -0.130. The van der Waals surface area contributed by atoms with Crippen molar-refractivity contribution in [3.05, 3.63) is 88.9 Å². The number of amides is 1. The number of benzene rings is 3. The van der Waals surface area contributed by atoms with Crippen LogP contribution < -0.4 is 5.32 Å². The number of nitrogens with zero attached hydrogens (tertiary/aromatic N) is 3. The van der Waals surface area contributed by atoms with Gasteiger partial charge in [-0.05, 0) is 43.7 Å². The van der Waals surface area contributed by atoms with E-state index in [1.165, 1.54) is 17.3 Å². The lowest BCUT2D eigenvalue weighted by Gasteiger charge is -2.11. The van der Waals surface area contributed by atoms with E-state index in [-0.39, 0.29) is 11.7 Å². The van der Waals surface area contributed by atoms with Crippen LogP contribution in [0, 0.1) is 13.8 Å². The molecule has 5 nitrogen and oxygen atoms in total. The predicted octanol–water partition coefficient (Wildman–Crippen LogP) is 5.94. The summed E-state index contributed by atoms with van der Waals surface area (Å²) in [5.74, 6) is 0.805. The number of nitrogens with one attached hydrogen (secondary N) is 1. The maximum Gasteiger partial charge on any atom is 0.234 e. The van der Waals surface area contributed by atoms with Gasteiger partial charge in [0.25, 0.3) is 0 Å². The van der Waals surface area contributed by atoms with Crippen molar-refractivity contribution in [2.24, 2.45) is 0 Å². The molecule has 0 bridgehead atoms. The molecule has 0 aliphatic heterocycles. The average molecular weight is 449 g/mol. The molecule has 4 aromatic rings. The SMILES string of the molecule is Cc1ccc(-c2nnc(SCC(=O)Nc3cccc(Cl)c3C)n2-c2ccccc2)cc1. The third-order valence-electron chi connectivity index (χ3n) is 4.83. The molecule has 7 heteroatoms. The summed E-state index contributed by atoms with van der Waals surface area (Å²) in [6.45, 7) is 3.93. The Morgan fingerprint density at radius 2 is 1.71 bits per heavy atom.